The van der Waals surface area contributed by atoms with Crippen LogP contribution in [-0.4, -0.2) is 26.3 Å². The van der Waals surface area contributed by atoms with Gasteiger partial charge in [-0.05, 0) is 50.3 Å². The molecule has 1 N–H and O–H groups in total. The minimum Gasteiger partial charge on any atom is -0.493 e. The van der Waals surface area contributed by atoms with E-state index in [9.17, 15) is 0 Å². The number of nitrogens with one attached hydrogen (secondary N) is 1. The third-order valence-electron chi connectivity index (χ3n) is 3.46. The van der Waals surface area contributed by atoms with Gasteiger partial charge in [0.15, 0.2) is 11.5 Å². The normalized spacial score (nSPS) is 12.4. The Morgan fingerprint density at radius 1 is 1.14 bits per heavy atom. The molecule has 0 aromatic heterocycles. The van der Waals surface area contributed by atoms with Crippen LogP contribution in [0.25, 0.3) is 0 Å². The number of benzene rings is 1. The summed E-state index contributed by atoms with van der Waals surface area (Å²) in [5.41, 5.74) is 0. The minimum atomic E-state index is 0.603. The first-order chi connectivity index (χ1) is 10.2. The van der Waals surface area contributed by atoms with Crippen molar-refractivity contribution in [3.05, 3.63) is 24.3 Å². The van der Waals surface area contributed by atoms with Gasteiger partial charge in [-0.15, -0.1) is 0 Å². The molecule has 0 bridgehead atoms. The molecule has 120 valence electrons. The summed E-state index contributed by atoms with van der Waals surface area (Å²) in [6.45, 7) is 8.62. The third kappa shape index (κ3) is 7.37. The fraction of sp³-hybridized carbons (Fsp3) is 0.667. The van der Waals surface area contributed by atoms with Crippen molar-refractivity contribution in [1.82, 2.24) is 5.32 Å². The van der Waals surface area contributed by atoms with Gasteiger partial charge in [-0.2, -0.15) is 0 Å². The molecule has 1 aromatic rings. The molecule has 3 heteroatoms. The van der Waals surface area contributed by atoms with Crippen LogP contribution in [0.1, 0.15) is 46.5 Å². The van der Waals surface area contributed by atoms with Crippen molar-refractivity contribution in [3.63, 3.8) is 0 Å². The fourth-order valence-electron chi connectivity index (χ4n) is 2.47. The molecular weight excluding hydrogens is 262 g/mol. The summed E-state index contributed by atoms with van der Waals surface area (Å²) in [7, 11) is 1.68. The monoisotopic (exact) mass is 293 g/mol. The third-order valence-corrected chi connectivity index (χ3v) is 3.46. The molecule has 1 rings (SSSR count). The van der Waals surface area contributed by atoms with Crippen molar-refractivity contribution in [2.75, 3.05) is 20.3 Å². The maximum absolute atomic E-state index is 5.84. The number of rotatable bonds is 11. The second kappa shape index (κ2) is 10.5. The Bertz CT molecular complexity index is 379. The Labute approximate surface area is 130 Å². The molecular formula is C18H31NO2. The largest absolute Gasteiger partial charge is 0.493 e. The molecule has 3 nitrogen and oxygen atoms in total. The van der Waals surface area contributed by atoms with Crippen LogP contribution < -0.4 is 14.8 Å². The van der Waals surface area contributed by atoms with Gasteiger partial charge in [0.05, 0.1) is 13.7 Å². The maximum atomic E-state index is 5.84. The van der Waals surface area contributed by atoms with Crippen molar-refractivity contribution < 1.29 is 9.47 Å². The van der Waals surface area contributed by atoms with Gasteiger partial charge in [0.2, 0.25) is 0 Å². The van der Waals surface area contributed by atoms with Crippen LogP contribution in [0, 0.1) is 5.92 Å². The van der Waals surface area contributed by atoms with E-state index in [4.69, 9.17) is 9.47 Å². The summed E-state index contributed by atoms with van der Waals surface area (Å²) in [4.78, 5) is 0. The van der Waals surface area contributed by atoms with Crippen LogP contribution in [0.15, 0.2) is 24.3 Å². The van der Waals surface area contributed by atoms with Crippen molar-refractivity contribution in [2.45, 2.75) is 52.5 Å². The summed E-state index contributed by atoms with van der Waals surface area (Å²) in [6, 6.07) is 8.42. The van der Waals surface area contributed by atoms with Crippen LogP contribution >= 0.6 is 0 Å². The van der Waals surface area contributed by atoms with Crippen LogP contribution in [0.5, 0.6) is 11.5 Å². The van der Waals surface area contributed by atoms with Crippen LogP contribution in [0.3, 0.4) is 0 Å². The van der Waals surface area contributed by atoms with Gasteiger partial charge in [-0.1, -0.05) is 32.9 Å². The van der Waals surface area contributed by atoms with E-state index in [1.807, 2.05) is 24.3 Å². The molecule has 1 unspecified atom stereocenters. The van der Waals surface area contributed by atoms with Crippen molar-refractivity contribution in [3.8, 4) is 11.5 Å². The van der Waals surface area contributed by atoms with Gasteiger partial charge in [-0.25, -0.2) is 0 Å². The zero-order valence-electron chi connectivity index (χ0n) is 14.0. The van der Waals surface area contributed by atoms with Gasteiger partial charge in [-0.3, -0.25) is 0 Å². The average Bonchev–Trinajstić information content (AvgIpc) is 2.48. The summed E-state index contributed by atoms with van der Waals surface area (Å²) in [6.07, 6.45) is 4.64. The second-order valence-electron chi connectivity index (χ2n) is 5.92. The number of para-hydroxylation sites is 2. The Morgan fingerprint density at radius 3 is 2.48 bits per heavy atom. The summed E-state index contributed by atoms with van der Waals surface area (Å²) < 4.78 is 11.1. The van der Waals surface area contributed by atoms with Gasteiger partial charge in [0.1, 0.15) is 0 Å². The van der Waals surface area contributed by atoms with Crippen LogP contribution in [0.2, 0.25) is 0 Å². The van der Waals surface area contributed by atoms with E-state index in [0.29, 0.717) is 6.04 Å². The number of hydrogen-bond acceptors (Lipinski definition) is 3. The second-order valence-corrected chi connectivity index (χ2v) is 5.92. The molecule has 0 saturated carbocycles. The molecule has 0 aliphatic heterocycles. The predicted octanol–water partition coefficient (Wildman–Crippen LogP) is 4.27. The van der Waals surface area contributed by atoms with E-state index >= 15 is 0 Å². The Kier molecular flexibility index (Phi) is 8.91. The maximum Gasteiger partial charge on any atom is 0.161 e. The fourth-order valence-corrected chi connectivity index (χ4v) is 2.47. The quantitative estimate of drug-likeness (QED) is 0.618. The van der Waals surface area contributed by atoms with E-state index in [1.54, 1.807) is 7.11 Å². The minimum absolute atomic E-state index is 0.603. The molecule has 0 fully saturated rings. The average molecular weight is 293 g/mol. The molecule has 0 spiro atoms. The number of ether oxygens (including phenoxy) is 2. The molecule has 1 atom stereocenters. The Morgan fingerprint density at radius 2 is 1.86 bits per heavy atom. The van der Waals surface area contributed by atoms with E-state index in [1.165, 1.54) is 12.8 Å². The van der Waals surface area contributed by atoms with Gasteiger partial charge < -0.3 is 14.8 Å². The van der Waals surface area contributed by atoms with E-state index < -0.39 is 0 Å². The van der Waals surface area contributed by atoms with Crippen molar-refractivity contribution >= 4 is 0 Å². The molecule has 0 saturated heterocycles. The van der Waals surface area contributed by atoms with E-state index in [-0.39, 0.29) is 0 Å². The highest BCUT2D eigenvalue weighted by molar-refractivity contribution is 5.39. The standard InChI is InChI=1S/C18H31NO2/c1-5-12-19-16(14-15(2)3)9-8-13-21-18-11-7-6-10-17(18)20-4/h6-7,10-11,15-16,19H,5,8-9,12-14H2,1-4H3. The molecule has 0 aliphatic carbocycles. The molecule has 0 aliphatic rings. The SMILES string of the molecule is CCCNC(CCCOc1ccccc1OC)CC(C)C. The van der Waals surface area contributed by atoms with E-state index in [2.05, 4.69) is 26.1 Å². The summed E-state index contributed by atoms with van der Waals surface area (Å²) >= 11 is 0. The summed E-state index contributed by atoms with van der Waals surface area (Å²) in [5.74, 6) is 2.37. The first-order valence-corrected chi connectivity index (χ1v) is 8.16. The number of hydrogen-bond donors (Lipinski definition) is 1. The Hall–Kier alpha value is -1.22. The Balaban J connectivity index is 2.32. The van der Waals surface area contributed by atoms with Crippen molar-refractivity contribution in [2.24, 2.45) is 5.92 Å². The topological polar surface area (TPSA) is 30.5 Å². The highest BCUT2D eigenvalue weighted by atomic mass is 16.5. The van der Waals surface area contributed by atoms with Crippen LogP contribution in [0.4, 0.5) is 0 Å². The van der Waals surface area contributed by atoms with Crippen molar-refractivity contribution in [1.29, 1.82) is 0 Å². The summed E-state index contributed by atoms with van der Waals surface area (Å²) in [5, 5.41) is 3.64. The lowest BCUT2D eigenvalue weighted by atomic mass is 10.00. The highest BCUT2D eigenvalue weighted by Gasteiger charge is 2.10. The number of methoxy groups -OCH3 is 1. The molecule has 0 radical (unpaired) electrons. The molecule has 21 heavy (non-hydrogen) atoms. The lowest BCUT2D eigenvalue weighted by molar-refractivity contribution is 0.273. The van der Waals surface area contributed by atoms with Gasteiger partial charge in [0.25, 0.3) is 0 Å². The smallest absolute Gasteiger partial charge is 0.161 e. The lowest BCUT2D eigenvalue weighted by Crippen LogP contribution is -2.31. The molecule has 1 aromatic carbocycles. The van der Waals surface area contributed by atoms with Gasteiger partial charge >= 0.3 is 0 Å². The first-order valence-electron chi connectivity index (χ1n) is 8.16. The highest BCUT2D eigenvalue weighted by Crippen LogP contribution is 2.26. The lowest BCUT2D eigenvalue weighted by Gasteiger charge is -2.20. The van der Waals surface area contributed by atoms with Crippen LogP contribution in [-0.2, 0) is 0 Å². The molecule has 0 amide bonds. The zero-order chi connectivity index (χ0) is 15.5. The predicted molar refractivity (Wildman–Crippen MR) is 89.3 cm³/mol. The molecule has 0 heterocycles. The van der Waals surface area contributed by atoms with E-state index in [0.717, 1.165) is 43.4 Å². The zero-order valence-corrected chi connectivity index (χ0v) is 14.0. The first kappa shape index (κ1) is 17.8. The van der Waals surface area contributed by atoms with Gasteiger partial charge in [0, 0.05) is 6.04 Å².